The Bertz CT molecular complexity index is 630. The Labute approximate surface area is 148 Å². The van der Waals surface area contributed by atoms with Crippen molar-refractivity contribution in [1.29, 1.82) is 0 Å². The van der Waals surface area contributed by atoms with Gasteiger partial charge in [0, 0.05) is 51.5 Å². The van der Waals surface area contributed by atoms with Gasteiger partial charge in [0.2, 0.25) is 11.8 Å². The monoisotopic (exact) mass is 346 g/mol. The molecule has 0 N–H and O–H groups in total. The summed E-state index contributed by atoms with van der Waals surface area (Å²) in [6.45, 7) is 6.48. The lowest BCUT2D eigenvalue weighted by Crippen LogP contribution is -2.48. The van der Waals surface area contributed by atoms with Crippen LogP contribution in [0.1, 0.15) is 31.7 Å². The highest BCUT2D eigenvalue weighted by Crippen LogP contribution is 2.31. The van der Waals surface area contributed by atoms with E-state index in [4.69, 9.17) is 9.47 Å². The molecule has 0 saturated carbocycles. The molecule has 2 saturated heterocycles. The summed E-state index contributed by atoms with van der Waals surface area (Å²) >= 11 is 0. The normalized spacial score (nSPS) is 19.2. The predicted octanol–water partition coefficient (Wildman–Crippen LogP) is 2.10. The van der Waals surface area contributed by atoms with Crippen LogP contribution in [-0.4, -0.2) is 55.3 Å². The molecule has 6 heteroatoms. The number of aryl methyl sites for hydroxylation is 1. The number of amides is 2. The van der Waals surface area contributed by atoms with Crippen molar-refractivity contribution in [3.63, 3.8) is 0 Å². The zero-order chi connectivity index (χ0) is 17.9. The molecule has 2 fully saturated rings. The lowest BCUT2D eigenvalue weighted by Gasteiger charge is -2.37. The van der Waals surface area contributed by atoms with Gasteiger partial charge in [-0.25, -0.2) is 0 Å². The first-order valence-electron chi connectivity index (χ1n) is 8.90. The van der Waals surface area contributed by atoms with Gasteiger partial charge >= 0.3 is 0 Å². The summed E-state index contributed by atoms with van der Waals surface area (Å²) in [5.41, 5.74) is 1.93. The maximum absolute atomic E-state index is 12.5. The molecule has 0 aromatic heterocycles. The van der Waals surface area contributed by atoms with E-state index in [1.165, 1.54) is 6.92 Å². The average molecular weight is 346 g/mol. The smallest absolute Gasteiger partial charge is 0.224 e. The molecule has 136 valence electrons. The topological polar surface area (TPSA) is 59.1 Å². The Morgan fingerprint density at radius 1 is 1.20 bits per heavy atom. The Balaban J connectivity index is 1.54. The van der Waals surface area contributed by atoms with Crippen LogP contribution in [0.25, 0.3) is 0 Å². The molecule has 2 amide bonds. The molecular formula is C19H26N2O4. The highest BCUT2D eigenvalue weighted by atomic mass is 16.7. The lowest BCUT2D eigenvalue weighted by atomic mass is 10.0. The minimum Gasteiger partial charge on any atom is -0.347 e. The average Bonchev–Trinajstić information content (AvgIpc) is 3.03. The quantitative estimate of drug-likeness (QED) is 0.838. The Morgan fingerprint density at radius 3 is 2.48 bits per heavy atom. The van der Waals surface area contributed by atoms with Gasteiger partial charge < -0.3 is 19.3 Å². The van der Waals surface area contributed by atoms with E-state index in [1.807, 2.05) is 36.1 Å². The van der Waals surface area contributed by atoms with Gasteiger partial charge in [-0.2, -0.15) is 0 Å². The second-order valence-electron chi connectivity index (χ2n) is 6.75. The van der Waals surface area contributed by atoms with E-state index in [2.05, 4.69) is 0 Å². The number of rotatable bonds is 4. The third-order valence-corrected chi connectivity index (χ3v) is 4.93. The van der Waals surface area contributed by atoms with Gasteiger partial charge in [-0.3, -0.25) is 9.59 Å². The molecule has 1 aromatic carbocycles. The molecule has 0 bridgehead atoms. The summed E-state index contributed by atoms with van der Waals surface area (Å²) in [6.07, 6.45) is 1.75. The Kier molecular flexibility index (Phi) is 5.39. The first kappa shape index (κ1) is 17.9. The van der Waals surface area contributed by atoms with Crippen molar-refractivity contribution in [2.75, 3.05) is 37.7 Å². The minimum atomic E-state index is -0.468. The van der Waals surface area contributed by atoms with Gasteiger partial charge in [0.05, 0.1) is 13.2 Å². The zero-order valence-corrected chi connectivity index (χ0v) is 15.0. The second kappa shape index (κ2) is 7.54. The van der Waals surface area contributed by atoms with E-state index in [-0.39, 0.29) is 11.8 Å². The molecular weight excluding hydrogens is 320 g/mol. The fourth-order valence-electron chi connectivity index (χ4n) is 3.51. The summed E-state index contributed by atoms with van der Waals surface area (Å²) in [5, 5.41) is 0. The van der Waals surface area contributed by atoms with Crippen LogP contribution in [0.15, 0.2) is 24.3 Å². The second-order valence-corrected chi connectivity index (χ2v) is 6.75. The van der Waals surface area contributed by atoms with Crippen LogP contribution in [0, 0.1) is 6.92 Å². The molecule has 25 heavy (non-hydrogen) atoms. The van der Waals surface area contributed by atoms with Crippen molar-refractivity contribution in [3.8, 4) is 0 Å². The standard InChI is InChI=1S/C19H26N2O4/c1-15-4-3-5-17(14-15)21(16(2)22)9-6-18(23)20-10-7-19(8-11-20)24-12-13-25-19/h3-5,14H,6-13H2,1-2H3. The molecule has 0 unspecified atom stereocenters. The molecule has 2 aliphatic heterocycles. The molecule has 0 aliphatic carbocycles. The van der Waals surface area contributed by atoms with E-state index < -0.39 is 5.79 Å². The summed E-state index contributed by atoms with van der Waals surface area (Å²) in [4.78, 5) is 28.0. The first-order chi connectivity index (χ1) is 12.0. The number of piperidine rings is 1. The van der Waals surface area contributed by atoms with Crippen LogP contribution < -0.4 is 4.90 Å². The minimum absolute atomic E-state index is 0.0521. The van der Waals surface area contributed by atoms with E-state index in [1.54, 1.807) is 4.90 Å². The maximum atomic E-state index is 12.5. The van der Waals surface area contributed by atoms with Crippen LogP contribution in [0.2, 0.25) is 0 Å². The molecule has 1 aromatic rings. The van der Waals surface area contributed by atoms with Crippen molar-refractivity contribution in [2.24, 2.45) is 0 Å². The van der Waals surface area contributed by atoms with Crippen molar-refractivity contribution in [3.05, 3.63) is 29.8 Å². The van der Waals surface area contributed by atoms with E-state index in [0.29, 0.717) is 52.1 Å². The number of carbonyl (C=O) groups is 2. The summed E-state index contributed by atoms with van der Waals surface area (Å²) < 4.78 is 11.4. The molecule has 0 radical (unpaired) electrons. The number of anilines is 1. The van der Waals surface area contributed by atoms with Crippen LogP contribution in [0.3, 0.4) is 0 Å². The summed E-state index contributed by atoms with van der Waals surface area (Å²) in [5.74, 6) is -0.445. The van der Waals surface area contributed by atoms with E-state index >= 15 is 0 Å². The molecule has 2 aliphatic rings. The zero-order valence-electron chi connectivity index (χ0n) is 15.0. The van der Waals surface area contributed by atoms with Crippen LogP contribution >= 0.6 is 0 Å². The van der Waals surface area contributed by atoms with Gasteiger partial charge in [-0.15, -0.1) is 0 Å². The van der Waals surface area contributed by atoms with E-state index in [0.717, 1.165) is 11.3 Å². The predicted molar refractivity (Wildman–Crippen MR) is 94.3 cm³/mol. The van der Waals surface area contributed by atoms with Crippen molar-refractivity contribution >= 4 is 17.5 Å². The third kappa shape index (κ3) is 4.19. The number of carbonyl (C=O) groups excluding carboxylic acids is 2. The van der Waals surface area contributed by atoms with Gasteiger partial charge in [0.1, 0.15) is 0 Å². The highest BCUT2D eigenvalue weighted by molar-refractivity contribution is 5.92. The molecule has 2 heterocycles. The third-order valence-electron chi connectivity index (χ3n) is 4.93. The van der Waals surface area contributed by atoms with Crippen molar-refractivity contribution < 1.29 is 19.1 Å². The Hall–Kier alpha value is -1.92. The molecule has 3 rings (SSSR count). The highest BCUT2D eigenvalue weighted by Gasteiger charge is 2.40. The fourth-order valence-corrected chi connectivity index (χ4v) is 3.51. The summed E-state index contributed by atoms with van der Waals surface area (Å²) in [7, 11) is 0. The van der Waals surface area contributed by atoms with Crippen LogP contribution in [-0.2, 0) is 19.1 Å². The van der Waals surface area contributed by atoms with Gasteiger partial charge in [0.15, 0.2) is 5.79 Å². The maximum Gasteiger partial charge on any atom is 0.224 e. The largest absolute Gasteiger partial charge is 0.347 e. The van der Waals surface area contributed by atoms with E-state index in [9.17, 15) is 9.59 Å². The molecule has 0 atom stereocenters. The van der Waals surface area contributed by atoms with Gasteiger partial charge in [-0.1, -0.05) is 12.1 Å². The van der Waals surface area contributed by atoms with Crippen molar-refractivity contribution in [1.82, 2.24) is 4.90 Å². The fraction of sp³-hybridized carbons (Fsp3) is 0.579. The number of benzene rings is 1. The number of nitrogens with zero attached hydrogens (tertiary/aromatic N) is 2. The number of ether oxygens (including phenoxy) is 2. The van der Waals surface area contributed by atoms with Crippen LogP contribution in [0.4, 0.5) is 5.69 Å². The van der Waals surface area contributed by atoms with Gasteiger partial charge in [0.25, 0.3) is 0 Å². The first-order valence-corrected chi connectivity index (χ1v) is 8.90. The van der Waals surface area contributed by atoms with Crippen LogP contribution in [0.5, 0.6) is 0 Å². The molecule has 6 nitrogen and oxygen atoms in total. The SMILES string of the molecule is CC(=O)N(CCC(=O)N1CCC2(CC1)OCCO2)c1cccc(C)c1. The number of likely N-dealkylation sites (tertiary alicyclic amines) is 1. The van der Waals surface area contributed by atoms with Crippen molar-refractivity contribution in [2.45, 2.75) is 38.9 Å². The Morgan fingerprint density at radius 2 is 1.88 bits per heavy atom. The molecule has 1 spiro atoms. The number of hydrogen-bond acceptors (Lipinski definition) is 4. The van der Waals surface area contributed by atoms with Gasteiger partial charge in [-0.05, 0) is 24.6 Å². The number of hydrogen-bond donors (Lipinski definition) is 0. The summed E-state index contributed by atoms with van der Waals surface area (Å²) in [6, 6.07) is 7.78. The lowest BCUT2D eigenvalue weighted by molar-refractivity contribution is -0.187.